The minimum absolute atomic E-state index is 0.0232. The van der Waals surface area contributed by atoms with E-state index >= 15 is 0 Å². The molecule has 1 amide bonds. The largest absolute Gasteiger partial charge is 0.351 e. The third kappa shape index (κ3) is 3.89. The average molecular weight is 273 g/mol. The minimum Gasteiger partial charge on any atom is -0.351 e. The monoisotopic (exact) mass is 273 g/mol. The number of amides is 1. The van der Waals surface area contributed by atoms with Crippen molar-refractivity contribution in [1.82, 2.24) is 25.4 Å². The zero-order valence-electron chi connectivity index (χ0n) is 11.7. The van der Waals surface area contributed by atoms with Gasteiger partial charge in [-0.3, -0.25) is 10.1 Å². The second kappa shape index (κ2) is 6.81. The number of rotatable bonds is 6. The summed E-state index contributed by atoms with van der Waals surface area (Å²) in [5, 5.41) is 13.8. The van der Waals surface area contributed by atoms with E-state index in [0.717, 1.165) is 11.4 Å². The van der Waals surface area contributed by atoms with Crippen LogP contribution < -0.4 is 10.6 Å². The molecule has 1 atom stereocenters. The molecule has 0 saturated carbocycles. The highest BCUT2D eigenvalue weighted by Crippen LogP contribution is 2.06. The molecular weight excluding hydrogens is 254 g/mol. The fourth-order valence-corrected chi connectivity index (χ4v) is 1.88. The Hall–Kier alpha value is -2.21. The molecule has 0 bridgehead atoms. The maximum atomic E-state index is 11.8. The first-order chi connectivity index (χ1) is 9.66. The number of carbonyl (C=O) groups excluding carboxylic acids is 1. The van der Waals surface area contributed by atoms with Crippen LogP contribution in [0.1, 0.15) is 24.4 Å². The Morgan fingerprint density at radius 3 is 2.75 bits per heavy atom. The van der Waals surface area contributed by atoms with E-state index in [1.165, 1.54) is 0 Å². The van der Waals surface area contributed by atoms with Gasteiger partial charge in [-0.25, -0.2) is 0 Å². The molecule has 1 unspecified atom stereocenters. The molecule has 0 radical (unpaired) electrons. The molecular formula is C14H19N5O. The van der Waals surface area contributed by atoms with E-state index in [1.54, 1.807) is 6.33 Å². The Morgan fingerprint density at radius 2 is 2.10 bits per heavy atom. The van der Waals surface area contributed by atoms with E-state index in [9.17, 15) is 4.79 Å². The first-order valence-corrected chi connectivity index (χ1v) is 6.54. The van der Waals surface area contributed by atoms with Gasteiger partial charge in [-0.2, -0.15) is 0 Å². The molecule has 20 heavy (non-hydrogen) atoms. The predicted octanol–water partition coefficient (Wildman–Crippen LogP) is 0.782. The van der Waals surface area contributed by atoms with E-state index < -0.39 is 0 Å². The summed E-state index contributed by atoms with van der Waals surface area (Å²) < 4.78 is 1.83. The molecule has 2 rings (SSSR count). The van der Waals surface area contributed by atoms with Crippen LogP contribution in [0.3, 0.4) is 0 Å². The van der Waals surface area contributed by atoms with Gasteiger partial charge >= 0.3 is 0 Å². The van der Waals surface area contributed by atoms with Gasteiger partial charge in [0.1, 0.15) is 12.2 Å². The van der Waals surface area contributed by atoms with Crippen molar-refractivity contribution in [3.63, 3.8) is 0 Å². The van der Waals surface area contributed by atoms with Gasteiger partial charge in [-0.05, 0) is 12.5 Å². The molecule has 6 nitrogen and oxygen atoms in total. The third-order valence-electron chi connectivity index (χ3n) is 3.04. The standard InChI is InChI=1S/C14H19N5O/c1-11(14-18-17-10-19(14)2)15-9-13(20)16-8-12-6-4-3-5-7-12/h3-7,10-11,15H,8-9H2,1-2H3,(H,16,20). The van der Waals surface area contributed by atoms with Crippen molar-refractivity contribution < 1.29 is 4.79 Å². The van der Waals surface area contributed by atoms with Crippen LogP contribution in [0.25, 0.3) is 0 Å². The topological polar surface area (TPSA) is 71.8 Å². The van der Waals surface area contributed by atoms with Crippen molar-refractivity contribution in [3.8, 4) is 0 Å². The van der Waals surface area contributed by atoms with Gasteiger partial charge in [-0.15, -0.1) is 10.2 Å². The van der Waals surface area contributed by atoms with E-state index in [0.29, 0.717) is 6.54 Å². The highest BCUT2D eigenvalue weighted by atomic mass is 16.1. The Bertz CT molecular complexity index is 552. The lowest BCUT2D eigenvalue weighted by Gasteiger charge is -2.12. The molecule has 1 heterocycles. The number of nitrogens with one attached hydrogen (secondary N) is 2. The smallest absolute Gasteiger partial charge is 0.234 e. The van der Waals surface area contributed by atoms with Gasteiger partial charge in [-0.1, -0.05) is 30.3 Å². The van der Waals surface area contributed by atoms with Crippen molar-refractivity contribution in [1.29, 1.82) is 0 Å². The van der Waals surface area contributed by atoms with Crippen LogP contribution in [0, 0.1) is 0 Å². The quantitative estimate of drug-likeness (QED) is 0.816. The molecule has 2 aromatic rings. The first-order valence-electron chi connectivity index (χ1n) is 6.54. The zero-order valence-corrected chi connectivity index (χ0v) is 11.7. The number of hydrogen-bond donors (Lipinski definition) is 2. The van der Waals surface area contributed by atoms with Crippen molar-refractivity contribution >= 4 is 5.91 Å². The van der Waals surface area contributed by atoms with Gasteiger partial charge in [0.05, 0.1) is 12.6 Å². The van der Waals surface area contributed by atoms with Crippen LogP contribution in [-0.2, 0) is 18.4 Å². The lowest BCUT2D eigenvalue weighted by atomic mass is 10.2. The minimum atomic E-state index is -0.0390. The maximum Gasteiger partial charge on any atom is 0.234 e. The number of benzene rings is 1. The molecule has 0 spiro atoms. The average Bonchev–Trinajstić information content (AvgIpc) is 2.90. The molecule has 0 aliphatic heterocycles. The molecule has 0 fully saturated rings. The first kappa shape index (κ1) is 14.2. The molecule has 0 aliphatic carbocycles. The van der Waals surface area contributed by atoms with Crippen LogP contribution in [0.5, 0.6) is 0 Å². The molecule has 1 aromatic carbocycles. The lowest BCUT2D eigenvalue weighted by molar-refractivity contribution is -0.120. The Morgan fingerprint density at radius 1 is 1.35 bits per heavy atom. The van der Waals surface area contributed by atoms with Crippen LogP contribution >= 0.6 is 0 Å². The van der Waals surface area contributed by atoms with Crippen LogP contribution in [-0.4, -0.2) is 27.2 Å². The van der Waals surface area contributed by atoms with E-state index in [2.05, 4.69) is 20.8 Å². The number of hydrogen-bond acceptors (Lipinski definition) is 4. The summed E-state index contributed by atoms with van der Waals surface area (Å²) in [6.07, 6.45) is 1.64. The highest BCUT2D eigenvalue weighted by molar-refractivity contribution is 5.78. The second-order valence-corrected chi connectivity index (χ2v) is 4.66. The third-order valence-corrected chi connectivity index (χ3v) is 3.04. The molecule has 0 aliphatic rings. The lowest BCUT2D eigenvalue weighted by Crippen LogP contribution is -2.35. The summed E-state index contributed by atoms with van der Waals surface area (Å²) in [6.45, 7) is 2.75. The fraction of sp³-hybridized carbons (Fsp3) is 0.357. The van der Waals surface area contributed by atoms with Crippen molar-refractivity contribution in [2.24, 2.45) is 7.05 Å². The van der Waals surface area contributed by atoms with Crippen LogP contribution in [0.2, 0.25) is 0 Å². The molecule has 1 aromatic heterocycles. The van der Waals surface area contributed by atoms with Crippen LogP contribution in [0.15, 0.2) is 36.7 Å². The van der Waals surface area contributed by atoms with Crippen LogP contribution in [0.4, 0.5) is 0 Å². The Kier molecular flexibility index (Phi) is 4.84. The van der Waals surface area contributed by atoms with Gasteiger partial charge in [0.2, 0.25) is 5.91 Å². The van der Waals surface area contributed by atoms with E-state index in [-0.39, 0.29) is 18.5 Å². The maximum absolute atomic E-state index is 11.8. The summed E-state index contributed by atoms with van der Waals surface area (Å²) in [5.41, 5.74) is 1.09. The number of nitrogens with zero attached hydrogens (tertiary/aromatic N) is 3. The number of carbonyl (C=O) groups is 1. The van der Waals surface area contributed by atoms with Crippen molar-refractivity contribution in [2.75, 3.05) is 6.54 Å². The van der Waals surface area contributed by atoms with Gasteiger partial charge in [0, 0.05) is 13.6 Å². The second-order valence-electron chi connectivity index (χ2n) is 4.66. The number of aromatic nitrogens is 3. The summed E-state index contributed by atoms with van der Waals surface area (Å²) in [4.78, 5) is 11.8. The molecule has 6 heteroatoms. The van der Waals surface area contributed by atoms with Gasteiger partial charge in [0.25, 0.3) is 0 Å². The predicted molar refractivity (Wildman–Crippen MR) is 75.7 cm³/mol. The Balaban J connectivity index is 1.74. The Labute approximate surface area is 118 Å². The summed E-state index contributed by atoms with van der Waals surface area (Å²) in [7, 11) is 1.88. The number of aryl methyl sites for hydroxylation is 1. The highest BCUT2D eigenvalue weighted by Gasteiger charge is 2.12. The van der Waals surface area contributed by atoms with E-state index in [1.807, 2.05) is 48.9 Å². The van der Waals surface area contributed by atoms with Crippen molar-refractivity contribution in [2.45, 2.75) is 19.5 Å². The van der Waals surface area contributed by atoms with Crippen molar-refractivity contribution in [3.05, 3.63) is 48.0 Å². The fourth-order valence-electron chi connectivity index (χ4n) is 1.88. The molecule has 106 valence electrons. The summed E-state index contributed by atoms with van der Waals surface area (Å²) in [5.74, 6) is 0.767. The summed E-state index contributed by atoms with van der Waals surface area (Å²) >= 11 is 0. The molecule has 0 saturated heterocycles. The summed E-state index contributed by atoms with van der Waals surface area (Å²) in [6, 6.07) is 9.80. The van der Waals surface area contributed by atoms with Gasteiger partial charge in [0.15, 0.2) is 0 Å². The van der Waals surface area contributed by atoms with Gasteiger partial charge < -0.3 is 9.88 Å². The zero-order chi connectivity index (χ0) is 14.4. The normalized spacial score (nSPS) is 12.1. The molecule has 2 N–H and O–H groups in total. The SMILES string of the molecule is CC(NCC(=O)NCc1ccccc1)c1nncn1C. The van der Waals surface area contributed by atoms with E-state index in [4.69, 9.17) is 0 Å².